The maximum Gasteiger partial charge on any atom is 0.253 e. The summed E-state index contributed by atoms with van der Waals surface area (Å²) in [6.45, 7) is -1.10. The number of halogens is 4. The van der Waals surface area contributed by atoms with Gasteiger partial charge in [0.1, 0.15) is 0 Å². The Kier molecular flexibility index (Phi) is 4.64. The zero-order valence-electron chi connectivity index (χ0n) is 11.4. The van der Waals surface area contributed by atoms with Crippen molar-refractivity contribution < 1.29 is 27.8 Å². The van der Waals surface area contributed by atoms with Gasteiger partial charge in [-0.1, -0.05) is 0 Å². The third-order valence-corrected chi connectivity index (χ3v) is 5.14. The standard InChI is InChI=1S/C14H22F4O2/c15-13(16)5-9(1-3-11(13)7-19)10-2-4-12(8-20)14(17,18)6-10/h9-12,19-20H,1-8H2. The molecule has 2 saturated carbocycles. The number of alkyl halides is 4. The van der Waals surface area contributed by atoms with E-state index < -0.39 is 61.6 Å². The Hall–Kier alpha value is -0.360. The second-order valence-corrected chi connectivity index (χ2v) is 6.36. The van der Waals surface area contributed by atoms with Gasteiger partial charge in [-0.3, -0.25) is 0 Å². The quantitative estimate of drug-likeness (QED) is 0.786. The SMILES string of the molecule is OCC1CCC(C2CCC(CO)C(F)(F)C2)CC1(F)F. The molecule has 0 amide bonds. The monoisotopic (exact) mass is 298 g/mol. The zero-order chi connectivity index (χ0) is 15.0. The Morgan fingerprint density at radius 3 is 1.30 bits per heavy atom. The Balaban J connectivity index is 2.00. The minimum atomic E-state index is -2.96. The van der Waals surface area contributed by atoms with Crippen LogP contribution >= 0.6 is 0 Å². The van der Waals surface area contributed by atoms with Gasteiger partial charge in [-0.25, -0.2) is 17.6 Å². The highest BCUT2D eigenvalue weighted by Crippen LogP contribution is 2.50. The van der Waals surface area contributed by atoms with Gasteiger partial charge < -0.3 is 10.2 Å². The molecule has 2 rings (SSSR count). The number of hydrogen-bond acceptors (Lipinski definition) is 2. The Morgan fingerprint density at radius 2 is 1.05 bits per heavy atom. The van der Waals surface area contributed by atoms with Gasteiger partial charge in [0.05, 0.1) is 13.2 Å². The summed E-state index contributed by atoms with van der Waals surface area (Å²) in [5.41, 5.74) is 0. The van der Waals surface area contributed by atoms with E-state index in [1.165, 1.54) is 0 Å². The molecule has 2 nitrogen and oxygen atoms in total. The van der Waals surface area contributed by atoms with Crippen molar-refractivity contribution in [1.82, 2.24) is 0 Å². The van der Waals surface area contributed by atoms with Gasteiger partial charge in [-0.15, -0.1) is 0 Å². The van der Waals surface area contributed by atoms with E-state index in [4.69, 9.17) is 10.2 Å². The molecule has 0 aromatic rings. The van der Waals surface area contributed by atoms with Crippen LogP contribution in [0.3, 0.4) is 0 Å². The van der Waals surface area contributed by atoms with Gasteiger partial charge in [0.25, 0.3) is 11.8 Å². The molecule has 0 spiro atoms. The first-order valence-corrected chi connectivity index (χ1v) is 7.27. The van der Waals surface area contributed by atoms with Crippen molar-refractivity contribution in [1.29, 1.82) is 0 Å². The molecule has 0 saturated heterocycles. The molecule has 2 aliphatic carbocycles. The van der Waals surface area contributed by atoms with E-state index in [9.17, 15) is 17.6 Å². The topological polar surface area (TPSA) is 40.5 Å². The predicted octanol–water partition coefficient (Wildman–Crippen LogP) is 3.07. The Morgan fingerprint density at radius 1 is 0.700 bits per heavy atom. The van der Waals surface area contributed by atoms with Gasteiger partial charge in [0.2, 0.25) is 0 Å². The van der Waals surface area contributed by atoms with E-state index in [0.717, 1.165) is 0 Å². The normalized spacial score (nSPS) is 40.5. The average Bonchev–Trinajstić information content (AvgIpc) is 2.36. The minimum absolute atomic E-state index is 0.194. The molecule has 0 aromatic heterocycles. The van der Waals surface area contributed by atoms with Gasteiger partial charge in [0, 0.05) is 24.7 Å². The highest BCUT2D eigenvalue weighted by molar-refractivity contribution is 4.93. The summed E-state index contributed by atoms with van der Waals surface area (Å²) < 4.78 is 55.3. The summed E-state index contributed by atoms with van der Waals surface area (Å²) >= 11 is 0. The summed E-state index contributed by atoms with van der Waals surface area (Å²) in [5, 5.41) is 17.9. The minimum Gasteiger partial charge on any atom is -0.396 e. The third-order valence-electron chi connectivity index (χ3n) is 5.14. The first kappa shape index (κ1) is 16.0. The van der Waals surface area contributed by atoms with E-state index in [1.54, 1.807) is 0 Å². The lowest BCUT2D eigenvalue weighted by Crippen LogP contribution is -2.44. The van der Waals surface area contributed by atoms with Crippen LogP contribution in [0.25, 0.3) is 0 Å². The summed E-state index contributed by atoms with van der Waals surface area (Å²) in [6, 6.07) is 0. The van der Waals surface area contributed by atoms with E-state index in [-0.39, 0.29) is 12.8 Å². The van der Waals surface area contributed by atoms with Crippen molar-refractivity contribution in [2.24, 2.45) is 23.7 Å². The molecule has 118 valence electrons. The molecule has 2 fully saturated rings. The fourth-order valence-corrected chi connectivity index (χ4v) is 3.74. The molecule has 6 heteroatoms. The molecule has 0 bridgehead atoms. The molecule has 20 heavy (non-hydrogen) atoms. The largest absolute Gasteiger partial charge is 0.396 e. The fraction of sp³-hybridized carbons (Fsp3) is 1.00. The van der Waals surface area contributed by atoms with Gasteiger partial charge >= 0.3 is 0 Å². The van der Waals surface area contributed by atoms with Gasteiger partial charge in [0.15, 0.2) is 0 Å². The van der Waals surface area contributed by atoms with Crippen molar-refractivity contribution in [2.45, 2.75) is 50.4 Å². The first-order chi connectivity index (χ1) is 9.30. The number of rotatable bonds is 3. The number of aliphatic hydroxyl groups is 2. The van der Waals surface area contributed by atoms with Crippen LogP contribution in [0.4, 0.5) is 17.6 Å². The van der Waals surface area contributed by atoms with Crippen molar-refractivity contribution in [3.63, 3.8) is 0 Å². The second kappa shape index (κ2) is 5.79. The van der Waals surface area contributed by atoms with E-state index >= 15 is 0 Å². The van der Waals surface area contributed by atoms with Crippen LogP contribution in [0.2, 0.25) is 0 Å². The molecule has 0 radical (unpaired) electrons. The maximum absolute atomic E-state index is 13.8. The molecular weight excluding hydrogens is 276 g/mol. The highest BCUT2D eigenvalue weighted by atomic mass is 19.3. The highest BCUT2D eigenvalue weighted by Gasteiger charge is 2.51. The summed E-state index contributed by atoms with van der Waals surface area (Å²) in [4.78, 5) is 0. The van der Waals surface area contributed by atoms with Crippen LogP contribution in [0.1, 0.15) is 38.5 Å². The molecule has 0 aromatic carbocycles. The maximum atomic E-state index is 13.8. The number of hydrogen-bond donors (Lipinski definition) is 2. The van der Waals surface area contributed by atoms with Crippen molar-refractivity contribution in [3.8, 4) is 0 Å². The summed E-state index contributed by atoms with van der Waals surface area (Å²) in [5.74, 6) is -8.79. The van der Waals surface area contributed by atoms with Gasteiger partial charge in [-0.05, 0) is 37.5 Å². The van der Waals surface area contributed by atoms with Crippen LogP contribution < -0.4 is 0 Å². The van der Waals surface area contributed by atoms with Crippen LogP contribution in [0.5, 0.6) is 0 Å². The predicted molar refractivity (Wildman–Crippen MR) is 65.7 cm³/mol. The van der Waals surface area contributed by atoms with Crippen LogP contribution in [-0.4, -0.2) is 35.3 Å². The summed E-state index contributed by atoms with van der Waals surface area (Å²) in [7, 11) is 0. The average molecular weight is 298 g/mol. The molecule has 0 heterocycles. The van der Waals surface area contributed by atoms with E-state index in [0.29, 0.717) is 12.8 Å². The molecule has 0 aliphatic heterocycles. The van der Waals surface area contributed by atoms with Crippen LogP contribution in [-0.2, 0) is 0 Å². The van der Waals surface area contributed by atoms with E-state index in [1.807, 2.05) is 0 Å². The zero-order valence-corrected chi connectivity index (χ0v) is 11.4. The lowest BCUT2D eigenvalue weighted by atomic mass is 9.67. The van der Waals surface area contributed by atoms with Crippen molar-refractivity contribution in [2.75, 3.05) is 13.2 Å². The third kappa shape index (κ3) is 3.11. The molecule has 4 atom stereocenters. The molecular formula is C14H22F4O2. The first-order valence-electron chi connectivity index (χ1n) is 7.27. The lowest BCUT2D eigenvalue weighted by molar-refractivity contribution is -0.152. The molecule has 2 N–H and O–H groups in total. The van der Waals surface area contributed by atoms with Crippen molar-refractivity contribution >= 4 is 0 Å². The summed E-state index contributed by atoms with van der Waals surface area (Å²) in [6.07, 6.45) is 0.543. The molecule has 2 aliphatic rings. The van der Waals surface area contributed by atoms with Crippen LogP contribution in [0, 0.1) is 23.7 Å². The smallest absolute Gasteiger partial charge is 0.253 e. The fourth-order valence-electron chi connectivity index (χ4n) is 3.74. The Labute approximate surface area is 116 Å². The van der Waals surface area contributed by atoms with Crippen LogP contribution in [0.15, 0.2) is 0 Å². The second-order valence-electron chi connectivity index (χ2n) is 6.36. The van der Waals surface area contributed by atoms with E-state index in [2.05, 4.69) is 0 Å². The Bertz CT molecular complexity index is 303. The number of aliphatic hydroxyl groups excluding tert-OH is 2. The van der Waals surface area contributed by atoms with Gasteiger partial charge in [-0.2, -0.15) is 0 Å². The van der Waals surface area contributed by atoms with Crippen molar-refractivity contribution in [3.05, 3.63) is 0 Å². The molecule has 4 unspecified atom stereocenters. The lowest BCUT2D eigenvalue weighted by Gasteiger charge is -2.43.